The van der Waals surface area contributed by atoms with Crippen molar-refractivity contribution in [3.05, 3.63) is 69.7 Å². The summed E-state index contributed by atoms with van der Waals surface area (Å²) in [7, 11) is 1.34. The Hall–Kier alpha value is -1.97. The van der Waals surface area contributed by atoms with E-state index in [-0.39, 0.29) is 5.97 Å². The second kappa shape index (κ2) is 7.87. The van der Waals surface area contributed by atoms with Crippen LogP contribution in [0.4, 0.5) is 0 Å². The highest BCUT2D eigenvalue weighted by molar-refractivity contribution is 6.42. The lowest BCUT2D eigenvalue weighted by Crippen LogP contribution is -1.95. The Morgan fingerprint density at radius 2 is 1.82 bits per heavy atom. The van der Waals surface area contributed by atoms with Crippen molar-refractivity contribution in [1.29, 1.82) is 0 Å². The number of carbonyl (C=O) groups excluding carboxylic acids is 1. The molecule has 2 rings (SSSR count). The van der Waals surface area contributed by atoms with Gasteiger partial charge in [-0.05, 0) is 41.5 Å². The molecule has 0 aliphatic carbocycles. The van der Waals surface area contributed by atoms with Crippen LogP contribution < -0.4 is 4.74 Å². The second-order valence-corrected chi connectivity index (χ2v) is 5.28. The minimum Gasteiger partial charge on any atom is -0.489 e. The van der Waals surface area contributed by atoms with Gasteiger partial charge in [0.2, 0.25) is 0 Å². The summed E-state index contributed by atoms with van der Waals surface area (Å²) in [5.41, 5.74) is 1.82. The Morgan fingerprint density at radius 3 is 2.45 bits per heavy atom. The standard InChI is InChI=1S/C17H14Cl2O3/c1-21-17(20)9-5-12-2-6-14(7-3-12)22-11-13-4-8-15(18)16(19)10-13/h2-10H,11H2,1H3/b9-5+. The van der Waals surface area contributed by atoms with E-state index in [1.54, 1.807) is 18.2 Å². The van der Waals surface area contributed by atoms with Gasteiger partial charge in [0.05, 0.1) is 17.2 Å². The molecule has 0 fully saturated rings. The normalized spacial score (nSPS) is 10.7. The molecule has 3 nitrogen and oxygen atoms in total. The molecule has 5 heteroatoms. The van der Waals surface area contributed by atoms with Gasteiger partial charge in [0.25, 0.3) is 0 Å². The van der Waals surface area contributed by atoms with E-state index in [0.29, 0.717) is 16.7 Å². The van der Waals surface area contributed by atoms with Gasteiger partial charge in [-0.1, -0.05) is 41.4 Å². The summed E-state index contributed by atoms with van der Waals surface area (Å²) in [6.07, 6.45) is 3.04. The van der Waals surface area contributed by atoms with Gasteiger partial charge in [0, 0.05) is 6.08 Å². The first-order valence-electron chi connectivity index (χ1n) is 6.51. The minimum atomic E-state index is -0.389. The molecule has 0 saturated heterocycles. The third-order valence-corrected chi connectivity index (χ3v) is 3.62. The highest BCUT2D eigenvalue weighted by Gasteiger charge is 2.01. The predicted octanol–water partition coefficient (Wildman–Crippen LogP) is 4.76. The van der Waals surface area contributed by atoms with Crippen molar-refractivity contribution >= 4 is 35.2 Å². The zero-order valence-electron chi connectivity index (χ0n) is 11.9. The molecule has 0 aromatic heterocycles. The van der Waals surface area contributed by atoms with E-state index >= 15 is 0 Å². The van der Waals surface area contributed by atoms with Crippen molar-refractivity contribution in [1.82, 2.24) is 0 Å². The smallest absolute Gasteiger partial charge is 0.330 e. The van der Waals surface area contributed by atoms with Crippen LogP contribution in [0, 0.1) is 0 Å². The summed E-state index contributed by atoms with van der Waals surface area (Å²) in [5, 5.41) is 1.03. The van der Waals surface area contributed by atoms with Crippen molar-refractivity contribution in [3.8, 4) is 5.75 Å². The number of hydrogen-bond acceptors (Lipinski definition) is 3. The number of hydrogen-bond donors (Lipinski definition) is 0. The topological polar surface area (TPSA) is 35.5 Å². The molecule has 2 aromatic rings. The second-order valence-electron chi connectivity index (χ2n) is 4.46. The summed E-state index contributed by atoms with van der Waals surface area (Å²) in [6, 6.07) is 12.7. The monoisotopic (exact) mass is 336 g/mol. The van der Waals surface area contributed by atoms with Crippen LogP contribution in [0.1, 0.15) is 11.1 Å². The Bertz CT molecular complexity index is 679. The molecule has 0 bridgehead atoms. The minimum absolute atomic E-state index is 0.389. The zero-order valence-corrected chi connectivity index (χ0v) is 13.4. The molecule has 0 aliphatic rings. The van der Waals surface area contributed by atoms with Gasteiger partial charge >= 0.3 is 5.97 Å². The van der Waals surface area contributed by atoms with E-state index in [1.807, 2.05) is 30.3 Å². The number of methoxy groups -OCH3 is 1. The summed E-state index contributed by atoms with van der Waals surface area (Å²) in [5.74, 6) is 0.334. The zero-order chi connectivity index (χ0) is 15.9. The van der Waals surface area contributed by atoms with Crippen LogP contribution in [0.5, 0.6) is 5.75 Å². The fraction of sp³-hybridized carbons (Fsp3) is 0.118. The highest BCUT2D eigenvalue weighted by Crippen LogP contribution is 2.23. The Morgan fingerprint density at radius 1 is 1.09 bits per heavy atom. The lowest BCUT2D eigenvalue weighted by atomic mass is 10.2. The number of ether oxygens (including phenoxy) is 2. The van der Waals surface area contributed by atoms with Crippen molar-refractivity contribution in [3.63, 3.8) is 0 Å². The molecule has 2 aromatic carbocycles. The van der Waals surface area contributed by atoms with E-state index < -0.39 is 0 Å². The summed E-state index contributed by atoms with van der Waals surface area (Å²) < 4.78 is 10.2. The van der Waals surface area contributed by atoms with Gasteiger partial charge < -0.3 is 9.47 Å². The maximum Gasteiger partial charge on any atom is 0.330 e. The van der Waals surface area contributed by atoms with Crippen molar-refractivity contribution in [2.45, 2.75) is 6.61 Å². The van der Waals surface area contributed by atoms with Crippen LogP contribution in [0.15, 0.2) is 48.5 Å². The van der Waals surface area contributed by atoms with Gasteiger partial charge in [0.15, 0.2) is 0 Å². The van der Waals surface area contributed by atoms with E-state index in [9.17, 15) is 4.79 Å². The summed E-state index contributed by atoms with van der Waals surface area (Å²) >= 11 is 11.8. The molecule has 114 valence electrons. The Labute approximate surface area is 139 Å². The molecule has 0 atom stereocenters. The first-order chi connectivity index (χ1) is 10.6. The van der Waals surface area contributed by atoms with Crippen molar-refractivity contribution in [2.24, 2.45) is 0 Å². The Kier molecular flexibility index (Phi) is 5.87. The van der Waals surface area contributed by atoms with Crippen LogP contribution in [-0.4, -0.2) is 13.1 Å². The molecule has 0 saturated carbocycles. The average molecular weight is 337 g/mol. The molecule has 0 aliphatic heterocycles. The molecule has 0 unspecified atom stereocenters. The fourth-order valence-corrected chi connectivity index (χ4v) is 2.02. The van der Waals surface area contributed by atoms with Gasteiger partial charge in [0.1, 0.15) is 12.4 Å². The van der Waals surface area contributed by atoms with Gasteiger partial charge in [-0.25, -0.2) is 4.79 Å². The molecule has 22 heavy (non-hydrogen) atoms. The maximum absolute atomic E-state index is 11.0. The number of esters is 1. The van der Waals surface area contributed by atoms with Crippen LogP contribution in [-0.2, 0) is 16.1 Å². The number of carbonyl (C=O) groups is 1. The van der Waals surface area contributed by atoms with Crippen LogP contribution in [0.25, 0.3) is 6.08 Å². The van der Waals surface area contributed by atoms with E-state index in [0.717, 1.165) is 16.9 Å². The largest absolute Gasteiger partial charge is 0.489 e. The van der Waals surface area contributed by atoms with Crippen LogP contribution in [0.2, 0.25) is 10.0 Å². The number of benzene rings is 2. The lowest BCUT2D eigenvalue weighted by molar-refractivity contribution is -0.134. The predicted molar refractivity (Wildman–Crippen MR) is 88.3 cm³/mol. The van der Waals surface area contributed by atoms with Gasteiger partial charge in [-0.3, -0.25) is 0 Å². The summed E-state index contributed by atoms with van der Waals surface area (Å²) in [4.78, 5) is 11.0. The van der Waals surface area contributed by atoms with Gasteiger partial charge in [-0.2, -0.15) is 0 Å². The molecule has 0 amide bonds. The maximum atomic E-state index is 11.0. The molecule has 0 heterocycles. The number of rotatable bonds is 5. The van der Waals surface area contributed by atoms with Crippen LogP contribution >= 0.6 is 23.2 Å². The van der Waals surface area contributed by atoms with E-state index in [4.69, 9.17) is 27.9 Å². The quantitative estimate of drug-likeness (QED) is 0.583. The van der Waals surface area contributed by atoms with E-state index in [2.05, 4.69) is 4.74 Å². The Balaban J connectivity index is 1.95. The van der Waals surface area contributed by atoms with Crippen LogP contribution in [0.3, 0.4) is 0 Å². The first kappa shape index (κ1) is 16.4. The van der Waals surface area contributed by atoms with Crippen molar-refractivity contribution in [2.75, 3.05) is 7.11 Å². The van der Waals surface area contributed by atoms with Gasteiger partial charge in [-0.15, -0.1) is 0 Å². The highest BCUT2D eigenvalue weighted by atomic mass is 35.5. The average Bonchev–Trinajstić information content (AvgIpc) is 2.54. The molecule has 0 N–H and O–H groups in total. The fourth-order valence-electron chi connectivity index (χ4n) is 1.70. The number of halogens is 2. The first-order valence-corrected chi connectivity index (χ1v) is 7.27. The molecular formula is C17H14Cl2O3. The van der Waals surface area contributed by atoms with E-state index in [1.165, 1.54) is 13.2 Å². The third-order valence-electron chi connectivity index (χ3n) is 2.88. The van der Waals surface area contributed by atoms with Crippen molar-refractivity contribution < 1.29 is 14.3 Å². The summed E-state index contributed by atoms with van der Waals surface area (Å²) in [6.45, 7) is 0.397. The lowest BCUT2D eigenvalue weighted by Gasteiger charge is -2.07. The third kappa shape index (κ3) is 4.79. The SMILES string of the molecule is COC(=O)/C=C/c1ccc(OCc2ccc(Cl)c(Cl)c2)cc1. The molecule has 0 spiro atoms. The molecular weight excluding hydrogens is 323 g/mol. The molecule has 0 radical (unpaired) electrons.